The lowest BCUT2D eigenvalue weighted by atomic mass is 10.1. The van der Waals surface area contributed by atoms with Gasteiger partial charge in [-0.25, -0.2) is 9.37 Å². The first-order valence-corrected chi connectivity index (χ1v) is 12.2. The van der Waals surface area contributed by atoms with Crippen LogP contribution in [0.2, 0.25) is 0 Å². The van der Waals surface area contributed by atoms with Crippen molar-refractivity contribution < 1.29 is 13.9 Å². The minimum Gasteiger partial charge on any atom is -0.487 e. The van der Waals surface area contributed by atoms with Gasteiger partial charge in [0, 0.05) is 55.7 Å². The molecule has 2 aliphatic rings. The highest BCUT2D eigenvalue weighted by Gasteiger charge is 2.25. The van der Waals surface area contributed by atoms with E-state index in [-0.39, 0.29) is 29.8 Å². The Morgan fingerprint density at radius 2 is 1.97 bits per heavy atom. The van der Waals surface area contributed by atoms with Crippen molar-refractivity contribution in [3.8, 4) is 17.3 Å². The average Bonchev–Trinajstić information content (AvgIpc) is 3.50. The Morgan fingerprint density at radius 1 is 1.11 bits per heavy atom. The second kappa shape index (κ2) is 9.14. The van der Waals surface area contributed by atoms with Crippen molar-refractivity contribution in [1.82, 2.24) is 24.5 Å². The summed E-state index contributed by atoms with van der Waals surface area (Å²) < 4.78 is 28.0. The quantitative estimate of drug-likeness (QED) is 0.469. The number of nitrogens with two attached hydrogens (primary N) is 1. The van der Waals surface area contributed by atoms with Crippen LogP contribution in [0.25, 0.3) is 28.1 Å². The molecule has 182 valence electrons. The number of fused-ring (bicyclic) bond motifs is 2. The second-order valence-corrected chi connectivity index (χ2v) is 9.54. The first kappa shape index (κ1) is 22.3. The molecule has 6 rings (SSSR count). The van der Waals surface area contributed by atoms with E-state index in [0.717, 1.165) is 38.0 Å². The van der Waals surface area contributed by atoms with Crippen molar-refractivity contribution in [2.24, 2.45) is 5.73 Å². The fourth-order valence-corrected chi connectivity index (χ4v) is 5.02. The maximum Gasteiger partial charge on any atom is 0.187 e. The molecule has 35 heavy (non-hydrogen) atoms. The number of hydrogen-bond acceptors (Lipinski definition) is 7. The van der Waals surface area contributed by atoms with E-state index < -0.39 is 0 Å². The van der Waals surface area contributed by atoms with Crippen LogP contribution < -0.4 is 10.5 Å². The molecule has 2 N–H and O–H groups in total. The number of nitrogens with zero attached hydrogens (tertiary/aromatic N) is 5. The Bertz CT molecular complexity index is 1370. The van der Waals surface area contributed by atoms with E-state index in [9.17, 15) is 4.39 Å². The van der Waals surface area contributed by atoms with Crippen molar-refractivity contribution in [2.45, 2.75) is 44.4 Å². The zero-order valence-corrected chi connectivity index (χ0v) is 19.7. The SMILES string of the molecule is C[C@@H](c1ccc2nnc(-c3ccc4cc(F)c(OC5CCOCC5)cc4n3)n2c1)N1CC[C@H](N)C1. The van der Waals surface area contributed by atoms with Gasteiger partial charge in [-0.1, -0.05) is 12.1 Å². The van der Waals surface area contributed by atoms with Gasteiger partial charge in [-0.3, -0.25) is 9.30 Å². The maximum absolute atomic E-state index is 14.7. The number of halogens is 1. The fraction of sp³-hybridized carbons (Fsp3) is 0.423. The third-order valence-corrected chi connectivity index (χ3v) is 7.15. The van der Waals surface area contributed by atoms with Crippen molar-refractivity contribution in [3.05, 3.63) is 54.0 Å². The Morgan fingerprint density at radius 3 is 2.77 bits per heavy atom. The smallest absolute Gasteiger partial charge is 0.187 e. The average molecular weight is 477 g/mol. The number of pyridine rings is 2. The summed E-state index contributed by atoms with van der Waals surface area (Å²) in [7, 11) is 0. The molecule has 3 aromatic heterocycles. The summed E-state index contributed by atoms with van der Waals surface area (Å²) in [6.45, 7) is 5.36. The molecule has 4 aromatic rings. The first-order chi connectivity index (χ1) is 17.0. The van der Waals surface area contributed by atoms with E-state index in [1.54, 1.807) is 6.07 Å². The van der Waals surface area contributed by atoms with Crippen LogP contribution in [0.4, 0.5) is 4.39 Å². The molecule has 0 unspecified atom stereocenters. The van der Waals surface area contributed by atoms with Crippen molar-refractivity contribution in [3.63, 3.8) is 0 Å². The molecule has 0 bridgehead atoms. The Balaban J connectivity index is 1.34. The van der Waals surface area contributed by atoms with Crippen LogP contribution in [0, 0.1) is 5.82 Å². The van der Waals surface area contributed by atoms with Gasteiger partial charge in [0.15, 0.2) is 23.0 Å². The summed E-state index contributed by atoms with van der Waals surface area (Å²) >= 11 is 0. The molecule has 9 heteroatoms. The minimum atomic E-state index is -0.383. The molecule has 2 fully saturated rings. The summed E-state index contributed by atoms with van der Waals surface area (Å²) in [5.41, 5.74) is 9.36. The highest BCUT2D eigenvalue weighted by atomic mass is 19.1. The predicted octanol–water partition coefficient (Wildman–Crippen LogP) is 3.74. The van der Waals surface area contributed by atoms with Crippen molar-refractivity contribution in [1.29, 1.82) is 0 Å². The lowest BCUT2D eigenvalue weighted by Crippen LogP contribution is -2.28. The molecule has 2 saturated heterocycles. The van der Waals surface area contributed by atoms with Gasteiger partial charge in [0.25, 0.3) is 0 Å². The van der Waals surface area contributed by atoms with Crippen LogP contribution in [0.3, 0.4) is 0 Å². The molecule has 8 nitrogen and oxygen atoms in total. The zero-order chi connectivity index (χ0) is 23.9. The van der Waals surface area contributed by atoms with E-state index in [2.05, 4.69) is 34.3 Å². The summed E-state index contributed by atoms with van der Waals surface area (Å²) in [6, 6.07) is 11.4. The molecule has 0 saturated carbocycles. The molecule has 1 aromatic carbocycles. The summed E-state index contributed by atoms with van der Waals surface area (Å²) in [4.78, 5) is 7.20. The van der Waals surface area contributed by atoms with Crippen LogP contribution in [0.15, 0.2) is 42.6 Å². The molecule has 0 amide bonds. The largest absolute Gasteiger partial charge is 0.487 e. The molecule has 2 atom stereocenters. The first-order valence-electron chi connectivity index (χ1n) is 12.2. The maximum atomic E-state index is 14.7. The van der Waals surface area contributed by atoms with Crippen LogP contribution in [-0.4, -0.2) is 62.9 Å². The van der Waals surface area contributed by atoms with Crippen LogP contribution in [0.5, 0.6) is 5.75 Å². The van der Waals surface area contributed by atoms with E-state index in [4.69, 9.17) is 20.2 Å². The lowest BCUT2D eigenvalue weighted by Gasteiger charge is -2.24. The Hall–Kier alpha value is -3.14. The van der Waals surface area contributed by atoms with E-state index in [1.807, 2.05) is 22.6 Å². The van der Waals surface area contributed by atoms with Gasteiger partial charge in [0.1, 0.15) is 11.8 Å². The van der Waals surface area contributed by atoms with Crippen LogP contribution in [-0.2, 0) is 4.74 Å². The molecular weight excluding hydrogens is 447 g/mol. The molecule has 0 spiro atoms. The second-order valence-electron chi connectivity index (χ2n) is 9.54. The van der Waals surface area contributed by atoms with Crippen LogP contribution >= 0.6 is 0 Å². The van der Waals surface area contributed by atoms with E-state index >= 15 is 0 Å². The summed E-state index contributed by atoms with van der Waals surface area (Å²) in [6.07, 6.45) is 4.55. The molecular formula is C26H29FN6O2. The highest BCUT2D eigenvalue weighted by molar-refractivity contribution is 5.82. The zero-order valence-electron chi connectivity index (χ0n) is 19.7. The van der Waals surface area contributed by atoms with Crippen LogP contribution in [0.1, 0.15) is 37.8 Å². The Labute approximate surface area is 202 Å². The van der Waals surface area contributed by atoms with Gasteiger partial charge in [0.05, 0.1) is 18.7 Å². The fourth-order valence-electron chi connectivity index (χ4n) is 5.02. The summed E-state index contributed by atoms with van der Waals surface area (Å²) in [5.74, 6) is 0.483. The number of rotatable bonds is 5. The number of aromatic nitrogens is 4. The molecule has 0 radical (unpaired) electrons. The Kier molecular flexibility index (Phi) is 5.83. The highest BCUT2D eigenvalue weighted by Crippen LogP contribution is 2.29. The minimum absolute atomic E-state index is 0.0510. The van der Waals surface area contributed by atoms with Gasteiger partial charge >= 0.3 is 0 Å². The van der Waals surface area contributed by atoms with Gasteiger partial charge in [-0.05, 0) is 37.1 Å². The van der Waals surface area contributed by atoms with E-state index in [1.165, 1.54) is 11.6 Å². The topological polar surface area (TPSA) is 90.8 Å². The molecule has 2 aliphatic heterocycles. The van der Waals surface area contributed by atoms with Gasteiger partial charge in [0.2, 0.25) is 0 Å². The third-order valence-electron chi connectivity index (χ3n) is 7.15. The lowest BCUT2D eigenvalue weighted by molar-refractivity contribution is 0.0241. The molecule has 0 aliphatic carbocycles. The monoisotopic (exact) mass is 476 g/mol. The molecule has 5 heterocycles. The van der Waals surface area contributed by atoms with Crippen molar-refractivity contribution >= 4 is 16.6 Å². The van der Waals surface area contributed by atoms with Gasteiger partial charge in [-0.2, -0.15) is 0 Å². The standard InChI is InChI=1S/C26H29FN6O2/c1-16(32-9-6-19(28)15-32)18-3-5-25-30-31-26(33(25)14-18)22-4-2-17-12-21(27)24(13-23(17)29-22)35-20-7-10-34-11-8-20/h2-5,12-14,16,19-20H,6-11,15,28H2,1H3/t16-,19-/m0/s1. The number of hydrogen-bond donors (Lipinski definition) is 1. The number of ether oxygens (including phenoxy) is 2. The summed E-state index contributed by atoms with van der Waals surface area (Å²) in [5, 5.41) is 9.46. The normalized spacial score (nSPS) is 20.6. The predicted molar refractivity (Wildman–Crippen MR) is 131 cm³/mol. The number of benzene rings is 1. The van der Waals surface area contributed by atoms with Crippen molar-refractivity contribution in [2.75, 3.05) is 26.3 Å². The third kappa shape index (κ3) is 4.35. The number of likely N-dealkylation sites (tertiary alicyclic amines) is 1. The van der Waals surface area contributed by atoms with E-state index in [0.29, 0.717) is 35.6 Å². The van der Waals surface area contributed by atoms with Gasteiger partial charge in [-0.15, -0.1) is 10.2 Å². The van der Waals surface area contributed by atoms with Gasteiger partial charge < -0.3 is 15.2 Å².